The highest BCUT2D eigenvalue weighted by atomic mass is 35.5. The standard InChI is InChI=1S/C15H15ClN2O4S/c1-11-6-8-12(9-7-11)23(20,21)18-17-15(19)10-22-14-5-3-2-4-13(14)16/h2-9,18H,10H2,1H3,(H,17,19). The molecule has 0 heterocycles. The second kappa shape index (κ2) is 7.45. The van der Waals surface area contributed by atoms with Gasteiger partial charge in [0.15, 0.2) is 6.61 Å². The van der Waals surface area contributed by atoms with Crippen molar-refractivity contribution in [1.82, 2.24) is 10.3 Å². The van der Waals surface area contributed by atoms with Crippen molar-refractivity contribution in [1.29, 1.82) is 0 Å². The van der Waals surface area contributed by atoms with E-state index in [9.17, 15) is 13.2 Å². The molecule has 1 amide bonds. The number of carbonyl (C=O) groups is 1. The number of sulfonamides is 1. The van der Waals surface area contributed by atoms with Crippen molar-refractivity contribution in [2.45, 2.75) is 11.8 Å². The molecule has 0 bridgehead atoms. The first kappa shape index (κ1) is 17.3. The molecule has 0 aliphatic rings. The molecule has 6 nitrogen and oxygen atoms in total. The Kier molecular flexibility index (Phi) is 5.59. The first-order chi connectivity index (χ1) is 10.9. The molecule has 0 saturated carbocycles. The molecule has 8 heteroatoms. The van der Waals surface area contributed by atoms with E-state index in [1.165, 1.54) is 12.1 Å². The quantitative estimate of drug-likeness (QED) is 0.777. The predicted octanol–water partition coefficient (Wildman–Crippen LogP) is 2.04. The monoisotopic (exact) mass is 354 g/mol. The Morgan fingerprint density at radius 1 is 1.13 bits per heavy atom. The lowest BCUT2D eigenvalue weighted by atomic mass is 10.2. The maximum atomic E-state index is 12.0. The predicted molar refractivity (Wildman–Crippen MR) is 86.6 cm³/mol. The Labute approximate surface area is 139 Å². The summed E-state index contributed by atoms with van der Waals surface area (Å²) in [5, 5.41) is 0.362. The van der Waals surface area contributed by atoms with Gasteiger partial charge >= 0.3 is 0 Å². The first-order valence-corrected chi connectivity index (χ1v) is 8.49. The van der Waals surface area contributed by atoms with E-state index in [0.29, 0.717) is 10.8 Å². The number of nitrogens with one attached hydrogen (secondary N) is 2. The van der Waals surface area contributed by atoms with E-state index in [1.807, 2.05) is 11.8 Å². The molecule has 0 fully saturated rings. The van der Waals surface area contributed by atoms with E-state index in [2.05, 4.69) is 5.43 Å². The molecule has 0 radical (unpaired) electrons. The van der Waals surface area contributed by atoms with Crippen LogP contribution in [0.4, 0.5) is 0 Å². The van der Waals surface area contributed by atoms with Gasteiger partial charge in [-0.1, -0.05) is 41.4 Å². The molecule has 2 aromatic carbocycles. The van der Waals surface area contributed by atoms with Crippen LogP contribution in [0.25, 0.3) is 0 Å². The number of hydrazine groups is 1. The zero-order valence-electron chi connectivity index (χ0n) is 12.2. The van der Waals surface area contributed by atoms with E-state index < -0.39 is 15.9 Å². The Balaban J connectivity index is 1.89. The largest absolute Gasteiger partial charge is 0.482 e. The van der Waals surface area contributed by atoms with Gasteiger partial charge in [-0.15, -0.1) is 4.83 Å². The van der Waals surface area contributed by atoms with Gasteiger partial charge in [-0.25, -0.2) is 8.42 Å². The summed E-state index contributed by atoms with van der Waals surface area (Å²) in [6.07, 6.45) is 0. The second-order valence-electron chi connectivity index (χ2n) is 4.69. The summed E-state index contributed by atoms with van der Waals surface area (Å²) in [4.78, 5) is 13.7. The van der Waals surface area contributed by atoms with Crippen LogP contribution < -0.4 is 15.0 Å². The van der Waals surface area contributed by atoms with Gasteiger partial charge in [-0.05, 0) is 31.2 Å². The zero-order valence-corrected chi connectivity index (χ0v) is 13.8. The number of hydrogen-bond donors (Lipinski definition) is 2. The molecule has 2 aromatic rings. The van der Waals surface area contributed by atoms with Gasteiger partial charge in [-0.3, -0.25) is 10.2 Å². The minimum atomic E-state index is -3.83. The van der Waals surface area contributed by atoms with Crippen LogP contribution in [0.5, 0.6) is 5.75 Å². The van der Waals surface area contributed by atoms with Crippen molar-refractivity contribution in [2.75, 3.05) is 6.61 Å². The number of amides is 1. The van der Waals surface area contributed by atoms with E-state index in [4.69, 9.17) is 16.3 Å². The zero-order chi connectivity index (χ0) is 16.9. The normalized spacial score (nSPS) is 11.0. The summed E-state index contributed by atoms with van der Waals surface area (Å²) < 4.78 is 29.2. The van der Waals surface area contributed by atoms with E-state index in [1.54, 1.807) is 36.4 Å². The van der Waals surface area contributed by atoms with Crippen LogP contribution in [0.15, 0.2) is 53.4 Å². The minimum Gasteiger partial charge on any atom is -0.482 e. The molecule has 0 aromatic heterocycles. The van der Waals surface area contributed by atoms with Crippen LogP contribution in [-0.4, -0.2) is 20.9 Å². The van der Waals surface area contributed by atoms with Crippen molar-refractivity contribution in [3.05, 3.63) is 59.1 Å². The number of rotatable bonds is 6. The van der Waals surface area contributed by atoms with Gasteiger partial charge in [0.05, 0.1) is 9.92 Å². The smallest absolute Gasteiger partial charge is 0.272 e. The summed E-state index contributed by atoms with van der Waals surface area (Å²) in [5.41, 5.74) is 3.01. The Morgan fingerprint density at radius 2 is 1.78 bits per heavy atom. The van der Waals surface area contributed by atoms with Crippen molar-refractivity contribution in [3.63, 3.8) is 0 Å². The molecule has 23 heavy (non-hydrogen) atoms. The Bertz CT molecular complexity index is 791. The number of benzene rings is 2. The van der Waals surface area contributed by atoms with Gasteiger partial charge in [0.1, 0.15) is 5.75 Å². The number of hydrogen-bond acceptors (Lipinski definition) is 4. The molecule has 0 unspecified atom stereocenters. The third-order valence-electron chi connectivity index (χ3n) is 2.85. The summed E-state index contributed by atoms with van der Waals surface area (Å²) in [6.45, 7) is 1.47. The SMILES string of the molecule is Cc1ccc(S(=O)(=O)NNC(=O)COc2ccccc2Cl)cc1. The molecule has 122 valence electrons. The fourth-order valence-electron chi connectivity index (χ4n) is 1.64. The van der Waals surface area contributed by atoms with Crippen LogP contribution in [0.1, 0.15) is 5.56 Å². The lowest BCUT2D eigenvalue weighted by Crippen LogP contribution is -2.43. The molecule has 0 atom stereocenters. The Morgan fingerprint density at radius 3 is 2.43 bits per heavy atom. The van der Waals surface area contributed by atoms with E-state index in [-0.39, 0.29) is 11.5 Å². The lowest BCUT2D eigenvalue weighted by Gasteiger charge is -2.10. The molecular weight excluding hydrogens is 340 g/mol. The second-order valence-corrected chi connectivity index (χ2v) is 6.78. The molecule has 0 aliphatic carbocycles. The Hall–Kier alpha value is -2.09. The van der Waals surface area contributed by atoms with Crippen molar-refractivity contribution in [3.8, 4) is 5.75 Å². The summed E-state index contributed by atoms with van der Waals surface area (Å²) >= 11 is 5.88. The highest BCUT2D eigenvalue weighted by Crippen LogP contribution is 2.22. The summed E-state index contributed by atoms with van der Waals surface area (Å²) in [5.74, 6) is -0.314. The van der Waals surface area contributed by atoms with Gasteiger partial charge in [0.25, 0.3) is 15.9 Å². The van der Waals surface area contributed by atoms with Gasteiger partial charge in [-0.2, -0.15) is 0 Å². The third-order valence-corrected chi connectivity index (χ3v) is 4.43. The molecule has 2 N–H and O–H groups in total. The van der Waals surface area contributed by atoms with Crippen LogP contribution in [-0.2, 0) is 14.8 Å². The van der Waals surface area contributed by atoms with E-state index >= 15 is 0 Å². The first-order valence-electron chi connectivity index (χ1n) is 6.63. The lowest BCUT2D eigenvalue weighted by molar-refractivity contribution is -0.123. The third kappa shape index (κ3) is 4.95. The molecule has 0 aliphatic heterocycles. The number of para-hydroxylation sites is 1. The average Bonchev–Trinajstić information content (AvgIpc) is 2.53. The summed E-state index contributed by atoms with van der Waals surface area (Å²) in [6, 6.07) is 12.9. The maximum Gasteiger partial charge on any atom is 0.272 e. The van der Waals surface area contributed by atoms with Crippen LogP contribution in [0.2, 0.25) is 5.02 Å². The fraction of sp³-hybridized carbons (Fsp3) is 0.133. The highest BCUT2D eigenvalue weighted by Gasteiger charge is 2.15. The van der Waals surface area contributed by atoms with Gasteiger partial charge in [0.2, 0.25) is 0 Å². The molecular formula is C15H15ClN2O4S. The topological polar surface area (TPSA) is 84.5 Å². The van der Waals surface area contributed by atoms with Crippen molar-refractivity contribution >= 4 is 27.5 Å². The number of ether oxygens (including phenoxy) is 1. The number of halogens is 1. The van der Waals surface area contributed by atoms with Gasteiger partial charge < -0.3 is 4.74 Å². The summed E-state index contributed by atoms with van der Waals surface area (Å²) in [7, 11) is -3.83. The van der Waals surface area contributed by atoms with Crippen molar-refractivity contribution in [2.24, 2.45) is 0 Å². The van der Waals surface area contributed by atoms with E-state index in [0.717, 1.165) is 5.56 Å². The fourth-order valence-corrected chi connectivity index (χ4v) is 2.69. The average molecular weight is 355 g/mol. The molecule has 0 spiro atoms. The minimum absolute atomic E-state index is 0.0513. The van der Waals surface area contributed by atoms with Crippen molar-refractivity contribution < 1.29 is 17.9 Å². The van der Waals surface area contributed by atoms with Crippen LogP contribution in [0, 0.1) is 6.92 Å². The van der Waals surface area contributed by atoms with Crippen LogP contribution >= 0.6 is 11.6 Å². The maximum absolute atomic E-state index is 12.0. The molecule has 2 rings (SSSR count). The van der Waals surface area contributed by atoms with Gasteiger partial charge in [0, 0.05) is 0 Å². The molecule has 0 saturated heterocycles. The number of aryl methyl sites for hydroxylation is 1. The van der Waals surface area contributed by atoms with Crippen LogP contribution in [0.3, 0.4) is 0 Å². The number of carbonyl (C=O) groups excluding carboxylic acids is 1. The highest BCUT2D eigenvalue weighted by molar-refractivity contribution is 7.89.